The molecule has 3 N–H and O–H groups in total. The van der Waals surface area contributed by atoms with E-state index in [1.165, 1.54) is 11.8 Å². The average molecular weight is 533 g/mol. The van der Waals surface area contributed by atoms with E-state index in [1.54, 1.807) is 42.5 Å². The summed E-state index contributed by atoms with van der Waals surface area (Å²) in [4.78, 5) is 48.8. The Morgan fingerprint density at radius 1 is 0.895 bits per heavy atom. The molecule has 38 heavy (non-hydrogen) atoms. The maximum absolute atomic E-state index is 13.4. The van der Waals surface area contributed by atoms with E-state index in [2.05, 4.69) is 10.6 Å². The highest BCUT2D eigenvalue weighted by Crippen LogP contribution is 2.37. The van der Waals surface area contributed by atoms with Crippen LogP contribution in [0.4, 0.5) is 11.4 Å². The third kappa shape index (κ3) is 8.94. The lowest BCUT2D eigenvalue weighted by molar-refractivity contribution is -0.131. The number of esters is 1. The molecule has 0 spiro atoms. The lowest BCUT2D eigenvalue weighted by atomic mass is 10.1. The number of anilines is 2. The minimum absolute atomic E-state index is 0.265. The molecule has 0 aliphatic heterocycles. The number of nitrogens with one attached hydrogen (secondary N) is 2. The van der Waals surface area contributed by atoms with Crippen molar-refractivity contribution in [2.24, 2.45) is 0 Å². The van der Waals surface area contributed by atoms with Crippen LogP contribution in [0.5, 0.6) is 0 Å². The summed E-state index contributed by atoms with van der Waals surface area (Å²) in [5, 5.41) is 13.6. The molecule has 3 aromatic rings. The highest BCUT2D eigenvalue weighted by Gasteiger charge is 2.22. The Morgan fingerprint density at radius 2 is 1.63 bits per heavy atom. The standard InChI is InChI=1S/C29H28N2O6S/c1-2-3-18-37-29(36)21-12-14-22(15-13-21)31-28(35)27(20-8-5-4-6-9-20)38-24-11-7-10-23(19-24)30-25(32)16-17-26(33)34/h4-17,19,27H,2-3,18H2,1H3,(H,30,32)(H,31,35)(H,33,34)/b17-16+. The van der Waals surface area contributed by atoms with E-state index in [4.69, 9.17) is 9.84 Å². The van der Waals surface area contributed by atoms with Crippen molar-refractivity contribution in [3.05, 3.63) is 102 Å². The molecular weight excluding hydrogens is 504 g/mol. The maximum Gasteiger partial charge on any atom is 0.338 e. The van der Waals surface area contributed by atoms with E-state index in [-0.39, 0.29) is 5.91 Å². The number of carbonyl (C=O) groups is 4. The number of rotatable bonds is 12. The predicted octanol–water partition coefficient (Wildman–Crippen LogP) is 5.69. The summed E-state index contributed by atoms with van der Waals surface area (Å²) in [6.45, 7) is 2.39. The molecular formula is C29H28N2O6S. The van der Waals surface area contributed by atoms with Crippen molar-refractivity contribution in [1.29, 1.82) is 0 Å². The Kier molecular flexibility index (Phi) is 10.7. The lowest BCUT2D eigenvalue weighted by Gasteiger charge is -2.18. The van der Waals surface area contributed by atoms with Gasteiger partial charge in [0.2, 0.25) is 11.8 Å². The van der Waals surface area contributed by atoms with Gasteiger partial charge in [0, 0.05) is 28.4 Å². The number of unbranched alkanes of at least 4 members (excludes halogenated alkanes) is 1. The number of carboxylic acids is 1. The molecule has 0 radical (unpaired) electrons. The molecule has 0 aliphatic rings. The number of ether oxygens (including phenoxy) is 1. The highest BCUT2D eigenvalue weighted by molar-refractivity contribution is 8.00. The van der Waals surface area contributed by atoms with E-state index in [0.29, 0.717) is 23.5 Å². The monoisotopic (exact) mass is 532 g/mol. The molecule has 0 saturated heterocycles. The van der Waals surface area contributed by atoms with Crippen LogP contribution in [0.2, 0.25) is 0 Å². The van der Waals surface area contributed by atoms with E-state index in [9.17, 15) is 19.2 Å². The Labute approximate surface area is 225 Å². The summed E-state index contributed by atoms with van der Waals surface area (Å²) >= 11 is 1.30. The molecule has 3 rings (SSSR count). The number of hydrogen-bond acceptors (Lipinski definition) is 6. The Hall–Kier alpha value is -4.37. The third-order valence-corrected chi connectivity index (χ3v) is 6.44. The van der Waals surface area contributed by atoms with E-state index in [1.807, 2.05) is 43.3 Å². The van der Waals surface area contributed by atoms with Crippen molar-refractivity contribution in [1.82, 2.24) is 0 Å². The first kappa shape index (κ1) is 28.2. The number of hydrogen-bond donors (Lipinski definition) is 3. The quantitative estimate of drug-likeness (QED) is 0.118. The van der Waals surface area contributed by atoms with Crippen LogP contribution in [-0.4, -0.2) is 35.5 Å². The van der Waals surface area contributed by atoms with Crippen LogP contribution in [-0.2, 0) is 19.1 Å². The lowest BCUT2D eigenvalue weighted by Crippen LogP contribution is -2.19. The Balaban J connectivity index is 1.73. The van der Waals surface area contributed by atoms with Crippen LogP contribution >= 0.6 is 11.8 Å². The van der Waals surface area contributed by atoms with Gasteiger partial charge in [-0.2, -0.15) is 0 Å². The van der Waals surface area contributed by atoms with Crippen molar-refractivity contribution in [3.63, 3.8) is 0 Å². The number of benzene rings is 3. The van der Waals surface area contributed by atoms with Gasteiger partial charge in [-0.3, -0.25) is 9.59 Å². The summed E-state index contributed by atoms with van der Waals surface area (Å²) in [5.74, 6) is -2.47. The Bertz CT molecular complexity index is 1290. The van der Waals surface area contributed by atoms with Gasteiger partial charge < -0.3 is 20.5 Å². The molecule has 2 amide bonds. The molecule has 0 heterocycles. The summed E-state index contributed by atoms with van der Waals surface area (Å²) in [7, 11) is 0. The van der Waals surface area contributed by atoms with Crippen molar-refractivity contribution in [2.45, 2.75) is 29.9 Å². The van der Waals surface area contributed by atoms with Gasteiger partial charge in [0.25, 0.3) is 0 Å². The molecule has 0 bridgehead atoms. The zero-order valence-electron chi connectivity index (χ0n) is 20.8. The zero-order valence-corrected chi connectivity index (χ0v) is 21.6. The van der Waals surface area contributed by atoms with Crippen molar-refractivity contribution in [2.75, 3.05) is 17.2 Å². The van der Waals surface area contributed by atoms with Crippen molar-refractivity contribution >= 4 is 46.9 Å². The molecule has 1 unspecified atom stereocenters. The van der Waals surface area contributed by atoms with Gasteiger partial charge in [-0.25, -0.2) is 9.59 Å². The second-order valence-electron chi connectivity index (χ2n) is 8.15. The molecule has 0 fully saturated rings. The van der Waals surface area contributed by atoms with E-state index in [0.717, 1.165) is 35.5 Å². The second kappa shape index (κ2) is 14.4. The van der Waals surface area contributed by atoms with Gasteiger partial charge in [-0.1, -0.05) is 49.7 Å². The topological polar surface area (TPSA) is 122 Å². The zero-order chi connectivity index (χ0) is 27.3. The molecule has 0 aliphatic carbocycles. The van der Waals surface area contributed by atoms with E-state index < -0.39 is 23.1 Å². The average Bonchev–Trinajstić information content (AvgIpc) is 2.91. The van der Waals surface area contributed by atoms with Crippen molar-refractivity contribution in [3.8, 4) is 0 Å². The minimum Gasteiger partial charge on any atom is -0.478 e. The summed E-state index contributed by atoms with van der Waals surface area (Å²) in [6.07, 6.45) is 3.42. The number of thioether (sulfide) groups is 1. The fourth-order valence-corrected chi connectivity index (χ4v) is 4.39. The van der Waals surface area contributed by atoms with Crippen LogP contribution in [0.15, 0.2) is 95.9 Å². The predicted molar refractivity (Wildman–Crippen MR) is 147 cm³/mol. The van der Waals surface area contributed by atoms with Crippen LogP contribution in [0, 0.1) is 0 Å². The van der Waals surface area contributed by atoms with Gasteiger partial charge in [-0.15, -0.1) is 11.8 Å². The van der Waals surface area contributed by atoms with Gasteiger partial charge in [0.15, 0.2) is 0 Å². The SMILES string of the molecule is CCCCOC(=O)c1ccc(NC(=O)C(Sc2cccc(NC(=O)/C=C/C(=O)O)c2)c2ccccc2)cc1. The van der Waals surface area contributed by atoms with Crippen LogP contribution in [0.25, 0.3) is 0 Å². The minimum atomic E-state index is -1.22. The smallest absolute Gasteiger partial charge is 0.338 e. The third-order valence-electron chi connectivity index (χ3n) is 5.19. The maximum atomic E-state index is 13.4. The highest BCUT2D eigenvalue weighted by atomic mass is 32.2. The number of amides is 2. The summed E-state index contributed by atoms with van der Waals surface area (Å²) in [6, 6.07) is 22.7. The van der Waals surface area contributed by atoms with Crippen molar-refractivity contribution < 1.29 is 29.0 Å². The molecule has 196 valence electrons. The van der Waals surface area contributed by atoms with Gasteiger partial charge in [-0.05, 0) is 54.4 Å². The molecule has 8 nitrogen and oxygen atoms in total. The van der Waals surface area contributed by atoms with E-state index >= 15 is 0 Å². The van der Waals surface area contributed by atoms with Crippen LogP contribution in [0.3, 0.4) is 0 Å². The first-order chi connectivity index (χ1) is 18.4. The number of aliphatic carboxylic acids is 1. The molecule has 1 atom stereocenters. The Morgan fingerprint density at radius 3 is 2.32 bits per heavy atom. The number of carboxylic acid groups (broad SMARTS) is 1. The fraction of sp³-hybridized carbons (Fsp3) is 0.172. The first-order valence-electron chi connectivity index (χ1n) is 12.0. The molecule has 9 heteroatoms. The van der Waals surface area contributed by atoms with Crippen LogP contribution < -0.4 is 10.6 Å². The molecule has 0 saturated carbocycles. The normalized spacial score (nSPS) is 11.5. The van der Waals surface area contributed by atoms with Crippen LogP contribution in [0.1, 0.15) is 40.9 Å². The first-order valence-corrected chi connectivity index (χ1v) is 12.9. The van der Waals surface area contributed by atoms with Gasteiger partial charge in [0.05, 0.1) is 12.2 Å². The largest absolute Gasteiger partial charge is 0.478 e. The second-order valence-corrected chi connectivity index (χ2v) is 9.33. The van der Waals surface area contributed by atoms with Gasteiger partial charge >= 0.3 is 11.9 Å². The number of carbonyl (C=O) groups excluding carboxylic acids is 3. The molecule has 0 aromatic heterocycles. The fourth-order valence-electron chi connectivity index (χ4n) is 3.30. The summed E-state index contributed by atoms with van der Waals surface area (Å²) < 4.78 is 5.22. The van der Waals surface area contributed by atoms with Gasteiger partial charge in [0.1, 0.15) is 5.25 Å². The summed E-state index contributed by atoms with van der Waals surface area (Å²) in [5.41, 5.74) is 2.19. The molecule has 3 aromatic carbocycles.